The number of aryl methyl sites for hydroxylation is 1. The van der Waals surface area contributed by atoms with Crippen LogP contribution in [0.15, 0.2) is 30.3 Å². The van der Waals surface area contributed by atoms with E-state index in [0.717, 1.165) is 11.3 Å². The average molecular weight is 264 g/mol. The molecular formula is C14H13FO2S. The maximum Gasteiger partial charge on any atom is 0.203 e. The Bertz CT molecular complexity index is 575. The second-order valence-electron chi connectivity index (χ2n) is 3.80. The highest BCUT2D eigenvalue weighted by atomic mass is 32.1. The van der Waals surface area contributed by atoms with E-state index >= 15 is 0 Å². The molecule has 2 nitrogen and oxygen atoms in total. The van der Waals surface area contributed by atoms with Gasteiger partial charge in [-0.25, -0.2) is 4.39 Å². The monoisotopic (exact) mass is 264 g/mol. The zero-order chi connectivity index (χ0) is 13.1. The SMILES string of the molecule is CCc1ccc(C(=O)c2ccc(F)c(OC)c2)s1. The van der Waals surface area contributed by atoms with Gasteiger partial charge in [0.1, 0.15) is 0 Å². The largest absolute Gasteiger partial charge is 0.494 e. The second-order valence-corrected chi connectivity index (χ2v) is 4.97. The first-order valence-electron chi connectivity index (χ1n) is 5.62. The molecular weight excluding hydrogens is 251 g/mol. The molecule has 0 bridgehead atoms. The third kappa shape index (κ3) is 2.43. The average Bonchev–Trinajstić information content (AvgIpc) is 2.87. The van der Waals surface area contributed by atoms with Gasteiger partial charge in [-0.05, 0) is 36.8 Å². The first kappa shape index (κ1) is 12.8. The Labute approximate surface area is 109 Å². The summed E-state index contributed by atoms with van der Waals surface area (Å²) >= 11 is 1.47. The van der Waals surface area contributed by atoms with E-state index in [2.05, 4.69) is 0 Å². The molecule has 0 radical (unpaired) electrons. The van der Waals surface area contributed by atoms with Gasteiger partial charge in [-0.3, -0.25) is 4.79 Å². The van der Waals surface area contributed by atoms with Gasteiger partial charge in [-0.2, -0.15) is 0 Å². The van der Waals surface area contributed by atoms with Gasteiger partial charge in [0.25, 0.3) is 0 Å². The van der Waals surface area contributed by atoms with E-state index < -0.39 is 5.82 Å². The fourth-order valence-corrected chi connectivity index (χ4v) is 2.54. The highest BCUT2D eigenvalue weighted by Crippen LogP contribution is 2.24. The number of rotatable bonds is 4. The van der Waals surface area contributed by atoms with Crippen LogP contribution in [-0.4, -0.2) is 12.9 Å². The van der Waals surface area contributed by atoms with Crippen LogP contribution in [0.2, 0.25) is 0 Å². The zero-order valence-corrected chi connectivity index (χ0v) is 11.0. The first-order chi connectivity index (χ1) is 8.65. The number of ether oxygens (including phenoxy) is 1. The van der Waals surface area contributed by atoms with Crippen molar-refractivity contribution < 1.29 is 13.9 Å². The molecule has 0 atom stereocenters. The number of methoxy groups -OCH3 is 1. The van der Waals surface area contributed by atoms with Gasteiger partial charge in [0.2, 0.25) is 5.78 Å². The topological polar surface area (TPSA) is 26.3 Å². The Balaban J connectivity index is 2.33. The van der Waals surface area contributed by atoms with Crippen LogP contribution < -0.4 is 4.74 Å². The van der Waals surface area contributed by atoms with E-state index in [1.807, 2.05) is 19.1 Å². The highest BCUT2D eigenvalue weighted by Gasteiger charge is 2.14. The molecule has 0 aliphatic carbocycles. The first-order valence-corrected chi connectivity index (χ1v) is 6.44. The van der Waals surface area contributed by atoms with Gasteiger partial charge in [0.05, 0.1) is 12.0 Å². The number of benzene rings is 1. The van der Waals surface area contributed by atoms with Crippen LogP contribution in [0.5, 0.6) is 5.75 Å². The summed E-state index contributed by atoms with van der Waals surface area (Å²) in [5, 5.41) is 0. The van der Waals surface area contributed by atoms with Crippen LogP contribution in [0.4, 0.5) is 4.39 Å². The maximum atomic E-state index is 13.3. The van der Waals surface area contributed by atoms with Crippen LogP contribution in [0.1, 0.15) is 27.0 Å². The van der Waals surface area contributed by atoms with Crippen molar-refractivity contribution in [3.8, 4) is 5.75 Å². The number of thiophene rings is 1. The summed E-state index contributed by atoms with van der Waals surface area (Å²) < 4.78 is 18.1. The molecule has 1 heterocycles. The lowest BCUT2D eigenvalue weighted by Gasteiger charge is -2.04. The number of hydrogen-bond acceptors (Lipinski definition) is 3. The van der Waals surface area contributed by atoms with Crippen LogP contribution >= 0.6 is 11.3 Å². The van der Waals surface area contributed by atoms with Crippen molar-refractivity contribution >= 4 is 17.1 Å². The fraction of sp³-hybridized carbons (Fsp3) is 0.214. The maximum absolute atomic E-state index is 13.3. The molecule has 0 unspecified atom stereocenters. The molecule has 0 N–H and O–H groups in total. The molecule has 0 aliphatic heterocycles. The summed E-state index contributed by atoms with van der Waals surface area (Å²) in [6.07, 6.45) is 0.907. The van der Waals surface area contributed by atoms with Crippen molar-refractivity contribution in [2.75, 3.05) is 7.11 Å². The van der Waals surface area contributed by atoms with Crippen molar-refractivity contribution in [1.29, 1.82) is 0 Å². The number of carbonyl (C=O) groups is 1. The van der Waals surface area contributed by atoms with E-state index in [1.165, 1.54) is 36.6 Å². The Kier molecular flexibility index (Phi) is 3.77. The quantitative estimate of drug-likeness (QED) is 0.787. The summed E-state index contributed by atoms with van der Waals surface area (Å²) in [5.41, 5.74) is 0.442. The van der Waals surface area contributed by atoms with Gasteiger partial charge < -0.3 is 4.74 Å². The molecule has 1 aromatic heterocycles. The predicted molar refractivity (Wildman–Crippen MR) is 70.1 cm³/mol. The second kappa shape index (κ2) is 5.31. The Morgan fingerprint density at radius 3 is 2.72 bits per heavy atom. The minimum absolute atomic E-state index is 0.0909. The molecule has 1 aromatic carbocycles. The number of carbonyl (C=O) groups excluding carboxylic acids is 1. The molecule has 0 saturated carbocycles. The van der Waals surface area contributed by atoms with Crippen LogP contribution in [0, 0.1) is 5.82 Å². The molecule has 0 aliphatic rings. The summed E-state index contributed by atoms with van der Waals surface area (Å²) in [5.74, 6) is -0.472. The fourth-order valence-electron chi connectivity index (χ4n) is 1.63. The van der Waals surface area contributed by atoms with Gasteiger partial charge in [-0.1, -0.05) is 6.92 Å². The lowest BCUT2D eigenvalue weighted by Crippen LogP contribution is -2.00. The minimum atomic E-state index is -0.463. The molecule has 0 saturated heterocycles. The molecule has 2 aromatic rings. The van der Waals surface area contributed by atoms with Crippen molar-refractivity contribution in [3.05, 3.63) is 51.5 Å². The van der Waals surface area contributed by atoms with E-state index in [9.17, 15) is 9.18 Å². The summed E-state index contributed by atoms with van der Waals surface area (Å²) in [7, 11) is 1.38. The van der Waals surface area contributed by atoms with Crippen molar-refractivity contribution in [3.63, 3.8) is 0 Å². The molecule has 0 amide bonds. The van der Waals surface area contributed by atoms with E-state index in [1.54, 1.807) is 0 Å². The molecule has 94 valence electrons. The number of hydrogen-bond donors (Lipinski definition) is 0. The zero-order valence-electron chi connectivity index (χ0n) is 10.2. The van der Waals surface area contributed by atoms with Crippen LogP contribution in [0.3, 0.4) is 0 Å². The van der Waals surface area contributed by atoms with E-state index in [-0.39, 0.29) is 11.5 Å². The van der Waals surface area contributed by atoms with Gasteiger partial charge in [0.15, 0.2) is 11.6 Å². The van der Waals surface area contributed by atoms with Gasteiger partial charge in [0, 0.05) is 10.4 Å². The predicted octanol–water partition coefficient (Wildman–Crippen LogP) is 3.69. The van der Waals surface area contributed by atoms with Crippen molar-refractivity contribution in [2.24, 2.45) is 0 Å². The molecule has 0 fully saturated rings. The lowest BCUT2D eigenvalue weighted by molar-refractivity contribution is 0.104. The number of ketones is 1. The minimum Gasteiger partial charge on any atom is -0.494 e. The van der Waals surface area contributed by atoms with Gasteiger partial charge >= 0.3 is 0 Å². The van der Waals surface area contributed by atoms with Crippen LogP contribution in [0.25, 0.3) is 0 Å². The number of halogens is 1. The van der Waals surface area contributed by atoms with Crippen molar-refractivity contribution in [2.45, 2.75) is 13.3 Å². The summed E-state index contributed by atoms with van der Waals surface area (Å²) in [6, 6.07) is 7.91. The highest BCUT2D eigenvalue weighted by molar-refractivity contribution is 7.14. The van der Waals surface area contributed by atoms with Gasteiger partial charge in [-0.15, -0.1) is 11.3 Å². The lowest BCUT2D eigenvalue weighted by atomic mass is 10.1. The summed E-state index contributed by atoms with van der Waals surface area (Å²) in [4.78, 5) is 14.0. The van der Waals surface area contributed by atoms with E-state index in [4.69, 9.17) is 4.74 Å². The van der Waals surface area contributed by atoms with E-state index in [0.29, 0.717) is 10.4 Å². The third-order valence-electron chi connectivity index (χ3n) is 2.65. The molecule has 18 heavy (non-hydrogen) atoms. The smallest absolute Gasteiger partial charge is 0.203 e. The molecule has 2 rings (SSSR count). The Hall–Kier alpha value is -1.68. The Morgan fingerprint density at radius 1 is 1.33 bits per heavy atom. The molecule has 4 heteroatoms. The van der Waals surface area contributed by atoms with Crippen LogP contribution in [-0.2, 0) is 6.42 Å². The van der Waals surface area contributed by atoms with Crippen molar-refractivity contribution in [1.82, 2.24) is 0 Å². The third-order valence-corrected chi connectivity index (χ3v) is 3.88. The normalized spacial score (nSPS) is 10.4. The Morgan fingerprint density at radius 2 is 2.11 bits per heavy atom. The molecule has 0 spiro atoms. The summed E-state index contributed by atoms with van der Waals surface area (Å²) in [6.45, 7) is 2.04. The standard InChI is InChI=1S/C14H13FO2S/c1-3-10-5-7-13(18-10)14(16)9-4-6-11(15)12(8-9)17-2/h4-8H,3H2,1-2H3.